The van der Waals surface area contributed by atoms with Gasteiger partial charge in [-0.25, -0.2) is 0 Å². The lowest BCUT2D eigenvalue weighted by Crippen LogP contribution is -2.11. The quantitative estimate of drug-likeness (QED) is 0.532. The summed E-state index contributed by atoms with van der Waals surface area (Å²) in [4.78, 5) is 17.5. The molecule has 0 spiro atoms. The fourth-order valence-electron chi connectivity index (χ4n) is 1.88. The Morgan fingerprint density at radius 2 is 1.83 bits per heavy atom. The lowest BCUT2D eigenvalue weighted by Gasteiger charge is -2.12. The van der Waals surface area contributed by atoms with Crippen LogP contribution in [-0.2, 0) is 0 Å². The molecule has 0 aliphatic heterocycles. The van der Waals surface area contributed by atoms with Gasteiger partial charge in [-0.05, 0) is 12.1 Å². The first-order chi connectivity index (χ1) is 11.1. The molecule has 23 heavy (non-hydrogen) atoms. The molecule has 0 aliphatic rings. The Balaban J connectivity index is 2.23. The molecule has 0 saturated heterocycles. The minimum atomic E-state index is -0.372. The van der Waals surface area contributed by atoms with Gasteiger partial charge in [0.1, 0.15) is 0 Å². The Bertz CT molecular complexity index is 747. The number of nitrogens with zero attached hydrogens (tertiary/aromatic N) is 2. The van der Waals surface area contributed by atoms with Crippen LogP contribution in [0.4, 0.5) is 11.8 Å². The Morgan fingerprint density at radius 1 is 1.17 bits per heavy atom. The summed E-state index contributed by atoms with van der Waals surface area (Å²) in [5.74, 6) is 1.74. The first-order valence-corrected chi connectivity index (χ1v) is 6.53. The summed E-state index contributed by atoms with van der Waals surface area (Å²) < 4.78 is 15.7. The van der Waals surface area contributed by atoms with E-state index >= 15 is 0 Å². The average molecular weight is 319 g/mol. The van der Waals surface area contributed by atoms with Crippen molar-refractivity contribution in [1.29, 1.82) is 0 Å². The van der Waals surface area contributed by atoms with Crippen molar-refractivity contribution in [3.63, 3.8) is 0 Å². The van der Waals surface area contributed by atoms with Crippen LogP contribution in [0, 0.1) is 0 Å². The van der Waals surface area contributed by atoms with E-state index in [0.29, 0.717) is 22.8 Å². The smallest absolute Gasteiger partial charge is 0.254 e. The molecule has 0 unspecified atom stereocenters. The molecule has 0 atom stereocenters. The van der Waals surface area contributed by atoms with Gasteiger partial charge in [0.25, 0.3) is 5.56 Å². The van der Waals surface area contributed by atoms with Crippen LogP contribution in [0.5, 0.6) is 17.2 Å². The minimum Gasteiger partial charge on any atom is -0.493 e. The minimum absolute atomic E-state index is 0.00276. The van der Waals surface area contributed by atoms with E-state index in [-0.39, 0.29) is 17.3 Å². The molecule has 9 nitrogen and oxygen atoms in total. The Hall–Kier alpha value is -3.23. The maximum Gasteiger partial charge on any atom is 0.254 e. The van der Waals surface area contributed by atoms with E-state index in [9.17, 15) is 4.79 Å². The van der Waals surface area contributed by atoms with Gasteiger partial charge < -0.3 is 19.9 Å². The number of ether oxygens (including phenoxy) is 3. The number of hydrogen-bond acceptors (Lipinski definition) is 8. The Kier molecular flexibility index (Phi) is 5.03. The second-order valence-corrected chi connectivity index (χ2v) is 4.34. The highest BCUT2D eigenvalue weighted by Gasteiger charge is 2.12. The zero-order valence-electron chi connectivity index (χ0n) is 12.9. The normalized spacial score (nSPS) is 10.6. The highest BCUT2D eigenvalue weighted by molar-refractivity contribution is 5.83. The topological polar surface area (TPSA) is 124 Å². The molecule has 122 valence electrons. The number of aromatic amines is 1. The molecule has 1 aromatic carbocycles. The van der Waals surface area contributed by atoms with Crippen molar-refractivity contribution >= 4 is 18.0 Å². The standard InChI is InChI=1S/C14H17N5O4/c1-21-9-4-8(5-10(22-2)13(9)23-3)7-16-19-11-6-12(20)18-14(15)17-11/h4-7H,1-3H3,(H4,15,17,18,19,20). The van der Waals surface area contributed by atoms with Crippen molar-refractivity contribution in [3.05, 3.63) is 34.1 Å². The van der Waals surface area contributed by atoms with Crippen LogP contribution in [0.1, 0.15) is 5.56 Å². The first-order valence-electron chi connectivity index (χ1n) is 6.53. The summed E-state index contributed by atoms with van der Waals surface area (Å²) in [7, 11) is 4.58. The number of nitrogens with two attached hydrogens (primary N) is 1. The molecular formula is C14H17N5O4. The number of anilines is 2. The van der Waals surface area contributed by atoms with Gasteiger partial charge in [0.05, 0.1) is 27.5 Å². The van der Waals surface area contributed by atoms with Crippen molar-refractivity contribution in [1.82, 2.24) is 9.97 Å². The van der Waals surface area contributed by atoms with E-state index in [1.54, 1.807) is 12.1 Å². The molecule has 0 saturated carbocycles. The highest BCUT2D eigenvalue weighted by atomic mass is 16.5. The van der Waals surface area contributed by atoms with E-state index in [1.807, 2.05) is 0 Å². The van der Waals surface area contributed by atoms with E-state index in [1.165, 1.54) is 33.6 Å². The number of nitrogens with one attached hydrogen (secondary N) is 2. The number of aromatic nitrogens is 2. The molecular weight excluding hydrogens is 302 g/mol. The zero-order chi connectivity index (χ0) is 16.8. The van der Waals surface area contributed by atoms with Crippen LogP contribution >= 0.6 is 0 Å². The molecule has 0 aliphatic carbocycles. The maximum atomic E-state index is 11.3. The summed E-state index contributed by atoms with van der Waals surface area (Å²) in [6.07, 6.45) is 1.52. The molecule has 1 aromatic heterocycles. The van der Waals surface area contributed by atoms with Crippen molar-refractivity contribution in [2.45, 2.75) is 0 Å². The van der Waals surface area contributed by atoms with Gasteiger partial charge in [-0.1, -0.05) is 0 Å². The number of H-pyrrole nitrogens is 1. The van der Waals surface area contributed by atoms with E-state index in [0.717, 1.165) is 0 Å². The van der Waals surface area contributed by atoms with Gasteiger partial charge >= 0.3 is 0 Å². The number of nitrogen functional groups attached to an aromatic ring is 1. The molecule has 2 aromatic rings. The summed E-state index contributed by atoms with van der Waals surface area (Å²) in [5, 5.41) is 4.00. The molecule has 0 amide bonds. The zero-order valence-corrected chi connectivity index (χ0v) is 12.9. The second kappa shape index (κ2) is 7.16. The first kappa shape index (κ1) is 16.1. The Labute approximate surface area is 132 Å². The summed E-state index contributed by atoms with van der Waals surface area (Å²) in [5.41, 5.74) is 8.39. The van der Waals surface area contributed by atoms with Crippen LogP contribution in [-0.4, -0.2) is 37.5 Å². The largest absolute Gasteiger partial charge is 0.493 e. The van der Waals surface area contributed by atoms with E-state index in [4.69, 9.17) is 19.9 Å². The maximum absolute atomic E-state index is 11.3. The predicted molar refractivity (Wildman–Crippen MR) is 86.6 cm³/mol. The van der Waals surface area contributed by atoms with Crippen LogP contribution in [0.25, 0.3) is 0 Å². The molecule has 0 radical (unpaired) electrons. The summed E-state index contributed by atoms with van der Waals surface area (Å²) in [6.45, 7) is 0. The van der Waals surface area contributed by atoms with Gasteiger partial charge in [-0.2, -0.15) is 10.1 Å². The van der Waals surface area contributed by atoms with E-state index < -0.39 is 0 Å². The molecule has 2 rings (SSSR count). The van der Waals surface area contributed by atoms with Crippen LogP contribution < -0.4 is 30.9 Å². The SMILES string of the molecule is COc1cc(C=NNc2cc(=O)[nH]c(N)n2)cc(OC)c1OC. The second-order valence-electron chi connectivity index (χ2n) is 4.34. The van der Waals surface area contributed by atoms with Gasteiger partial charge in [0.15, 0.2) is 17.3 Å². The van der Waals surface area contributed by atoms with Gasteiger partial charge in [0, 0.05) is 11.6 Å². The third-order valence-corrected chi connectivity index (χ3v) is 2.84. The van der Waals surface area contributed by atoms with Gasteiger partial charge in [0.2, 0.25) is 11.7 Å². The number of rotatable bonds is 6. The monoisotopic (exact) mass is 319 g/mol. The predicted octanol–water partition coefficient (Wildman–Crippen LogP) is 0.824. The number of hydrazone groups is 1. The van der Waals surface area contributed by atoms with Gasteiger partial charge in [-0.3, -0.25) is 15.2 Å². The van der Waals surface area contributed by atoms with E-state index in [2.05, 4.69) is 20.5 Å². The molecule has 1 heterocycles. The number of benzene rings is 1. The molecule has 4 N–H and O–H groups in total. The summed E-state index contributed by atoms with van der Waals surface area (Å²) >= 11 is 0. The fraction of sp³-hybridized carbons (Fsp3) is 0.214. The van der Waals surface area contributed by atoms with Crippen LogP contribution in [0.15, 0.2) is 28.1 Å². The highest BCUT2D eigenvalue weighted by Crippen LogP contribution is 2.37. The lowest BCUT2D eigenvalue weighted by molar-refractivity contribution is 0.324. The van der Waals surface area contributed by atoms with Crippen molar-refractivity contribution < 1.29 is 14.2 Å². The number of methoxy groups -OCH3 is 3. The van der Waals surface area contributed by atoms with Crippen molar-refractivity contribution in [3.8, 4) is 17.2 Å². The third-order valence-electron chi connectivity index (χ3n) is 2.84. The average Bonchev–Trinajstić information content (AvgIpc) is 2.52. The number of hydrogen-bond donors (Lipinski definition) is 3. The Morgan fingerprint density at radius 3 is 2.35 bits per heavy atom. The van der Waals surface area contributed by atoms with Crippen LogP contribution in [0.2, 0.25) is 0 Å². The molecule has 0 fully saturated rings. The van der Waals surface area contributed by atoms with Gasteiger partial charge in [-0.15, -0.1) is 0 Å². The fourth-order valence-corrected chi connectivity index (χ4v) is 1.88. The molecule has 0 bridgehead atoms. The van der Waals surface area contributed by atoms with Crippen molar-refractivity contribution in [2.24, 2.45) is 5.10 Å². The summed E-state index contributed by atoms with van der Waals surface area (Å²) in [6, 6.07) is 4.70. The molecule has 9 heteroatoms. The third kappa shape index (κ3) is 3.90. The van der Waals surface area contributed by atoms with Crippen molar-refractivity contribution in [2.75, 3.05) is 32.5 Å². The lowest BCUT2D eigenvalue weighted by atomic mass is 10.2. The van der Waals surface area contributed by atoms with Crippen LogP contribution in [0.3, 0.4) is 0 Å².